The highest BCUT2D eigenvalue weighted by Crippen LogP contribution is 2.12. The number of likely N-dealkylation sites (tertiary alicyclic amines) is 1. The molecule has 1 aliphatic rings. The van der Waals surface area contributed by atoms with Gasteiger partial charge in [-0.3, -0.25) is 4.90 Å². The van der Waals surface area contributed by atoms with E-state index >= 15 is 0 Å². The summed E-state index contributed by atoms with van der Waals surface area (Å²) in [7, 11) is 0. The Labute approximate surface area is 102 Å². The summed E-state index contributed by atoms with van der Waals surface area (Å²) in [6.45, 7) is 8.38. The molecule has 0 aromatic heterocycles. The molecule has 0 radical (unpaired) electrons. The highest BCUT2D eigenvalue weighted by Gasteiger charge is 2.21. The van der Waals surface area contributed by atoms with Crippen LogP contribution in [-0.2, 0) is 4.74 Å². The Hall–Kier alpha value is -0.740. The van der Waals surface area contributed by atoms with Crippen LogP contribution in [0.4, 0.5) is 4.79 Å². The minimum absolute atomic E-state index is 0.156. The molecule has 0 unspecified atom stereocenters. The first-order valence-corrected chi connectivity index (χ1v) is 5.98. The van der Waals surface area contributed by atoms with Gasteiger partial charge in [0.15, 0.2) is 0 Å². The van der Waals surface area contributed by atoms with E-state index in [1.807, 2.05) is 0 Å². The van der Waals surface area contributed by atoms with Crippen molar-refractivity contribution in [3.63, 3.8) is 0 Å². The summed E-state index contributed by atoms with van der Waals surface area (Å²) in [5, 5.41) is 3.48. The molecule has 1 heterocycles. The Morgan fingerprint density at radius 3 is 3.06 bits per heavy atom. The molecule has 1 fully saturated rings. The second-order valence-electron chi connectivity index (χ2n) is 3.96. The molecule has 0 aliphatic carbocycles. The molecule has 0 spiro atoms. The monoisotopic (exact) mass is 246 g/mol. The maximum absolute atomic E-state index is 11.2. The van der Waals surface area contributed by atoms with Crippen molar-refractivity contribution in [2.75, 3.05) is 26.2 Å². The summed E-state index contributed by atoms with van der Waals surface area (Å²) in [5.74, 6) is 0. The molecule has 0 bridgehead atoms. The second kappa shape index (κ2) is 6.76. The SMILES string of the molecule is C=C(Cl)CN1CCC[C@@H](NC(=O)OCC)C1. The molecule has 0 saturated carbocycles. The fourth-order valence-corrected chi connectivity index (χ4v) is 2.07. The number of amides is 1. The molecule has 1 amide bonds. The van der Waals surface area contributed by atoms with Crippen molar-refractivity contribution < 1.29 is 9.53 Å². The zero-order valence-corrected chi connectivity index (χ0v) is 10.4. The topological polar surface area (TPSA) is 41.6 Å². The average molecular weight is 247 g/mol. The number of nitrogens with one attached hydrogen (secondary N) is 1. The minimum atomic E-state index is -0.334. The lowest BCUT2D eigenvalue weighted by molar-refractivity contribution is 0.136. The highest BCUT2D eigenvalue weighted by atomic mass is 35.5. The maximum atomic E-state index is 11.2. The molecule has 1 rings (SSSR count). The average Bonchev–Trinajstić information content (AvgIpc) is 2.17. The Balaban J connectivity index is 2.32. The fraction of sp³-hybridized carbons (Fsp3) is 0.727. The van der Waals surface area contributed by atoms with Crippen LogP contribution in [0.5, 0.6) is 0 Å². The van der Waals surface area contributed by atoms with Crippen LogP contribution in [0.2, 0.25) is 0 Å². The molecule has 0 aromatic rings. The van der Waals surface area contributed by atoms with Crippen LogP contribution in [-0.4, -0.2) is 43.3 Å². The Morgan fingerprint density at radius 1 is 1.69 bits per heavy atom. The summed E-state index contributed by atoms with van der Waals surface area (Å²) in [5.41, 5.74) is 0. The quantitative estimate of drug-likeness (QED) is 0.825. The van der Waals surface area contributed by atoms with E-state index in [0.717, 1.165) is 25.9 Å². The predicted octanol–water partition coefficient (Wildman–Crippen LogP) is 1.95. The van der Waals surface area contributed by atoms with Gasteiger partial charge < -0.3 is 10.1 Å². The Morgan fingerprint density at radius 2 is 2.44 bits per heavy atom. The van der Waals surface area contributed by atoms with Crippen molar-refractivity contribution in [2.45, 2.75) is 25.8 Å². The number of nitrogens with zero attached hydrogens (tertiary/aromatic N) is 1. The van der Waals surface area contributed by atoms with Crippen molar-refractivity contribution in [2.24, 2.45) is 0 Å². The summed E-state index contributed by atoms with van der Waals surface area (Å²) in [4.78, 5) is 13.4. The third kappa shape index (κ3) is 4.86. The van der Waals surface area contributed by atoms with Crippen LogP contribution in [0.3, 0.4) is 0 Å². The molecular weight excluding hydrogens is 228 g/mol. The third-order valence-electron chi connectivity index (χ3n) is 2.50. The molecular formula is C11H19ClN2O2. The lowest BCUT2D eigenvalue weighted by atomic mass is 10.1. The first kappa shape index (κ1) is 13.3. The van der Waals surface area contributed by atoms with E-state index in [0.29, 0.717) is 18.2 Å². The second-order valence-corrected chi connectivity index (χ2v) is 4.49. The van der Waals surface area contributed by atoms with Crippen LogP contribution >= 0.6 is 11.6 Å². The van der Waals surface area contributed by atoms with Crippen LogP contribution in [0.25, 0.3) is 0 Å². The summed E-state index contributed by atoms with van der Waals surface area (Å²) in [6, 6.07) is 0.156. The van der Waals surface area contributed by atoms with Crippen LogP contribution in [0.15, 0.2) is 11.6 Å². The molecule has 5 heteroatoms. The normalized spacial score (nSPS) is 21.5. The van der Waals surface area contributed by atoms with Crippen LogP contribution < -0.4 is 5.32 Å². The van der Waals surface area contributed by atoms with Crippen molar-refractivity contribution in [1.29, 1.82) is 0 Å². The number of carbonyl (C=O) groups excluding carboxylic acids is 1. The zero-order chi connectivity index (χ0) is 12.0. The molecule has 1 N–H and O–H groups in total. The summed E-state index contributed by atoms with van der Waals surface area (Å²) < 4.78 is 4.85. The number of carbonyl (C=O) groups is 1. The Kier molecular flexibility index (Phi) is 5.63. The number of ether oxygens (including phenoxy) is 1. The number of piperidine rings is 1. The van der Waals surface area contributed by atoms with Gasteiger partial charge in [-0.05, 0) is 26.3 Å². The molecule has 92 valence electrons. The third-order valence-corrected chi connectivity index (χ3v) is 2.62. The van der Waals surface area contributed by atoms with E-state index in [4.69, 9.17) is 16.3 Å². The smallest absolute Gasteiger partial charge is 0.407 e. The number of halogens is 1. The fourth-order valence-electron chi connectivity index (χ4n) is 1.90. The van der Waals surface area contributed by atoms with Gasteiger partial charge >= 0.3 is 6.09 Å². The lowest BCUT2D eigenvalue weighted by Gasteiger charge is -2.32. The van der Waals surface area contributed by atoms with Gasteiger partial charge in [-0.1, -0.05) is 18.2 Å². The first-order valence-electron chi connectivity index (χ1n) is 5.60. The van der Waals surface area contributed by atoms with Gasteiger partial charge in [0.05, 0.1) is 6.61 Å². The standard InChI is InChI=1S/C11H19ClN2O2/c1-3-16-11(15)13-10-5-4-6-14(8-10)7-9(2)12/h10H,2-8H2,1H3,(H,13,15)/t10-/m1/s1. The van der Waals surface area contributed by atoms with E-state index in [9.17, 15) is 4.79 Å². The van der Waals surface area contributed by atoms with Crippen molar-refractivity contribution in [1.82, 2.24) is 10.2 Å². The maximum Gasteiger partial charge on any atom is 0.407 e. The number of hydrogen-bond acceptors (Lipinski definition) is 3. The van der Waals surface area contributed by atoms with Crippen molar-refractivity contribution in [3.05, 3.63) is 11.6 Å². The molecule has 16 heavy (non-hydrogen) atoms. The van der Waals surface area contributed by atoms with E-state index in [1.54, 1.807) is 6.92 Å². The Bertz CT molecular complexity index is 258. The largest absolute Gasteiger partial charge is 0.450 e. The van der Waals surface area contributed by atoms with E-state index in [-0.39, 0.29) is 12.1 Å². The van der Waals surface area contributed by atoms with Gasteiger partial charge in [0, 0.05) is 24.2 Å². The van der Waals surface area contributed by atoms with Gasteiger partial charge in [0.1, 0.15) is 0 Å². The van der Waals surface area contributed by atoms with Gasteiger partial charge in [0.2, 0.25) is 0 Å². The van der Waals surface area contributed by atoms with Crippen LogP contribution in [0, 0.1) is 0 Å². The van der Waals surface area contributed by atoms with E-state index < -0.39 is 0 Å². The van der Waals surface area contributed by atoms with Gasteiger partial charge in [0.25, 0.3) is 0 Å². The number of rotatable bonds is 4. The molecule has 0 aromatic carbocycles. The van der Waals surface area contributed by atoms with E-state index in [1.165, 1.54) is 0 Å². The number of hydrogen-bond donors (Lipinski definition) is 1. The molecule has 1 atom stereocenters. The van der Waals surface area contributed by atoms with E-state index in [2.05, 4.69) is 16.8 Å². The molecule has 1 saturated heterocycles. The van der Waals surface area contributed by atoms with Gasteiger partial charge in [-0.25, -0.2) is 4.79 Å². The van der Waals surface area contributed by atoms with Crippen molar-refractivity contribution in [3.8, 4) is 0 Å². The molecule has 1 aliphatic heterocycles. The number of alkyl carbamates (subject to hydrolysis) is 1. The predicted molar refractivity (Wildman–Crippen MR) is 64.6 cm³/mol. The summed E-state index contributed by atoms with van der Waals surface area (Å²) >= 11 is 5.77. The zero-order valence-electron chi connectivity index (χ0n) is 9.67. The van der Waals surface area contributed by atoms with Crippen molar-refractivity contribution >= 4 is 17.7 Å². The summed E-state index contributed by atoms with van der Waals surface area (Å²) in [6.07, 6.45) is 1.71. The lowest BCUT2D eigenvalue weighted by Crippen LogP contribution is -2.48. The molecule has 4 nitrogen and oxygen atoms in total. The van der Waals surface area contributed by atoms with Crippen LogP contribution in [0.1, 0.15) is 19.8 Å². The first-order chi connectivity index (χ1) is 7.61. The van der Waals surface area contributed by atoms with Gasteiger partial charge in [-0.15, -0.1) is 0 Å². The highest BCUT2D eigenvalue weighted by molar-refractivity contribution is 6.29. The minimum Gasteiger partial charge on any atom is -0.450 e. The van der Waals surface area contributed by atoms with Gasteiger partial charge in [-0.2, -0.15) is 0 Å².